The number of aromatic nitrogens is 3. The zero-order chi connectivity index (χ0) is 18.5. The van der Waals surface area contributed by atoms with Gasteiger partial charge >= 0.3 is 0 Å². The number of rotatable bonds is 3. The van der Waals surface area contributed by atoms with Crippen LogP contribution in [-0.2, 0) is 11.3 Å². The number of aliphatic imine (C=N–C) groups is 1. The second kappa shape index (κ2) is 9.67. The van der Waals surface area contributed by atoms with Crippen LogP contribution < -0.4 is 5.32 Å². The molecule has 1 N–H and O–H groups in total. The van der Waals surface area contributed by atoms with E-state index in [0.717, 1.165) is 49.3 Å². The third-order valence-corrected chi connectivity index (χ3v) is 4.57. The fraction of sp³-hybridized carbons (Fsp3) is 0.444. The molecule has 1 aliphatic heterocycles. The number of halogens is 1. The highest BCUT2D eigenvalue weighted by Gasteiger charge is 2.20. The minimum atomic E-state index is 0. The molecule has 0 spiro atoms. The number of hydrogen-bond donors (Lipinski definition) is 1. The molecule has 3 rings (SSSR count). The molecule has 0 unspecified atom stereocenters. The Morgan fingerprint density at radius 1 is 1.19 bits per heavy atom. The summed E-state index contributed by atoms with van der Waals surface area (Å²) in [5, 5.41) is 3.38. The van der Waals surface area contributed by atoms with Gasteiger partial charge in [-0.25, -0.2) is 9.97 Å². The minimum Gasteiger partial charge on any atom is -0.352 e. The van der Waals surface area contributed by atoms with Crippen LogP contribution in [0.25, 0.3) is 5.82 Å². The number of piperazine rings is 1. The molecule has 1 saturated heterocycles. The molecular weight excluding hydrogens is 457 g/mol. The molecule has 0 aromatic carbocycles. The van der Waals surface area contributed by atoms with Crippen LogP contribution in [0.4, 0.5) is 0 Å². The molecule has 27 heavy (non-hydrogen) atoms. The Hall–Kier alpha value is -2.17. The van der Waals surface area contributed by atoms with Crippen LogP contribution >= 0.6 is 24.0 Å². The van der Waals surface area contributed by atoms with Gasteiger partial charge in [0.1, 0.15) is 11.6 Å². The number of guanidine groups is 1. The van der Waals surface area contributed by atoms with Crippen LogP contribution in [0.2, 0.25) is 0 Å². The summed E-state index contributed by atoms with van der Waals surface area (Å²) >= 11 is 0. The van der Waals surface area contributed by atoms with E-state index in [2.05, 4.69) is 31.2 Å². The number of nitrogens with one attached hydrogen (secondary N) is 1. The predicted octanol–water partition coefficient (Wildman–Crippen LogP) is 1.43. The van der Waals surface area contributed by atoms with Crippen molar-refractivity contribution in [2.75, 3.05) is 33.2 Å². The fourth-order valence-electron chi connectivity index (χ4n) is 3.03. The summed E-state index contributed by atoms with van der Waals surface area (Å²) in [5.41, 5.74) is 1.08. The van der Waals surface area contributed by atoms with E-state index >= 15 is 0 Å². The van der Waals surface area contributed by atoms with Crippen molar-refractivity contribution < 1.29 is 4.79 Å². The zero-order valence-electron chi connectivity index (χ0n) is 15.9. The Labute approximate surface area is 176 Å². The second-order valence-electron chi connectivity index (χ2n) is 6.26. The maximum Gasteiger partial charge on any atom is 0.219 e. The second-order valence-corrected chi connectivity index (χ2v) is 6.26. The van der Waals surface area contributed by atoms with E-state index in [1.807, 2.05) is 34.9 Å². The van der Waals surface area contributed by atoms with E-state index in [0.29, 0.717) is 6.54 Å². The van der Waals surface area contributed by atoms with Crippen LogP contribution in [0.5, 0.6) is 0 Å². The molecule has 1 amide bonds. The third kappa shape index (κ3) is 5.18. The molecule has 146 valence electrons. The molecule has 0 aliphatic carbocycles. The Kier molecular flexibility index (Phi) is 7.57. The van der Waals surface area contributed by atoms with Crippen molar-refractivity contribution in [3.05, 3.63) is 42.1 Å². The van der Waals surface area contributed by atoms with Crippen LogP contribution in [-0.4, -0.2) is 69.4 Å². The normalized spacial score (nSPS) is 14.7. The molecule has 0 atom stereocenters. The molecule has 0 saturated carbocycles. The zero-order valence-corrected chi connectivity index (χ0v) is 18.3. The Bertz CT molecular complexity index is 779. The average Bonchev–Trinajstić information content (AvgIpc) is 3.09. The van der Waals surface area contributed by atoms with E-state index in [4.69, 9.17) is 0 Å². The van der Waals surface area contributed by atoms with E-state index in [-0.39, 0.29) is 29.9 Å². The number of pyridine rings is 1. The summed E-state index contributed by atoms with van der Waals surface area (Å²) in [7, 11) is 1.78. The van der Waals surface area contributed by atoms with Crippen LogP contribution in [0, 0.1) is 6.92 Å². The standard InChI is InChI=1S/C18H25N7O.HI/c1-14-20-6-7-25(14)17-5-4-16(12-21-17)13-22-18(19-3)24-10-8-23(9-11-24)15(2)26;/h4-7,12H,8-11,13H2,1-3H3,(H,19,22);1H. The molecule has 1 aliphatic rings. The van der Waals surface area contributed by atoms with E-state index in [1.165, 1.54) is 0 Å². The van der Waals surface area contributed by atoms with Crippen molar-refractivity contribution in [3.8, 4) is 5.82 Å². The molecule has 1 fully saturated rings. The molecular formula is C18H26IN7O. The molecule has 0 radical (unpaired) electrons. The van der Waals surface area contributed by atoms with Crippen molar-refractivity contribution in [2.24, 2.45) is 4.99 Å². The number of imidazole rings is 1. The van der Waals surface area contributed by atoms with Gasteiger partial charge < -0.3 is 15.1 Å². The van der Waals surface area contributed by atoms with Gasteiger partial charge in [-0.15, -0.1) is 24.0 Å². The maximum atomic E-state index is 11.4. The van der Waals surface area contributed by atoms with Gasteiger partial charge in [-0.05, 0) is 18.6 Å². The number of carbonyl (C=O) groups excluding carboxylic acids is 1. The average molecular weight is 483 g/mol. The largest absolute Gasteiger partial charge is 0.352 e. The van der Waals surface area contributed by atoms with Crippen molar-refractivity contribution >= 4 is 35.8 Å². The molecule has 8 nitrogen and oxygen atoms in total. The summed E-state index contributed by atoms with van der Waals surface area (Å²) < 4.78 is 1.95. The maximum absolute atomic E-state index is 11.4. The van der Waals surface area contributed by atoms with Gasteiger partial charge in [0, 0.05) is 65.3 Å². The van der Waals surface area contributed by atoms with Gasteiger partial charge in [0.25, 0.3) is 0 Å². The molecule has 0 bridgehead atoms. The quantitative estimate of drug-likeness (QED) is 0.406. The van der Waals surface area contributed by atoms with Crippen LogP contribution in [0.3, 0.4) is 0 Å². The van der Waals surface area contributed by atoms with Crippen molar-refractivity contribution in [2.45, 2.75) is 20.4 Å². The summed E-state index contributed by atoms with van der Waals surface area (Å²) in [5.74, 6) is 2.75. The lowest BCUT2D eigenvalue weighted by Gasteiger charge is -2.36. The third-order valence-electron chi connectivity index (χ3n) is 4.57. The van der Waals surface area contributed by atoms with Crippen molar-refractivity contribution in [1.29, 1.82) is 0 Å². The van der Waals surface area contributed by atoms with Gasteiger partial charge in [0.05, 0.1) is 0 Å². The number of aryl methyl sites for hydroxylation is 1. The fourth-order valence-corrected chi connectivity index (χ4v) is 3.03. The van der Waals surface area contributed by atoms with E-state index < -0.39 is 0 Å². The van der Waals surface area contributed by atoms with Gasteiger partial charge in [0.2, 0.25) is 5.91 Å². The van der Waals surface area contributed by atoms with Crippen LogP contribution in [0.15, 0.2) is 35.7 Å². The highest BCUT2D eigenvalue weighted by molar-refractivity contribution is 14.0. The van der Waals surface area contributed by atoms with E-state index in [1.54, 1.807) is 20.2 Å². The highest BCUT2D eigenvalue weighted by atomic mass is 127. The Morgan fingerprint density at radius 3 is 2.41 bits per heavy atom. The minimum absolute atomic E-state index is 0. The number of hydrogen-bond acceptors (Lipinski definition) is 4. The monoisotopic (exact) mass is 483 g/mol. The first-order chi connectivity index (χ1) is 12.6. The number of carbonyl (C=O) groups is 1. The molecule has 2 aromatic rings. The van der Waals surface area contributed by atoms with Crippen LogP contribution in [0.1, 0.15) is 18.3 Å². The predicted molar refractivity (Wildman–Crippen MR) is 116 cm³/mol. The topological polar surface area (TPSA) is 78.7 Å². The van der Waals surface area contributed by atoms with Crippen molar-refractivity contribution in [3.63, 3.8) is 0 Å². The summed E-state index contributed by atoms with van der Waals surface area (Å²) in [6.07, 6.45) is 5.53. The Morgan fingerprint density at radius 2 is 1.89 bits per heavy atom. The van der Waals surface area contributed by atoms with Gasteiger partial charge in [-0.3, -0.25) is 14.4 Å². The van der Waals surface area contributed by atoms with Crippen molar-refractivity contribution in [1.82, 2.24) is 29.7 Å². The number of amides is 1. The molecule has 9 heteroatoms. The first-order valence-electron chi connectivity index (χ1n) is 8.75. The highest BCUT2D eigenvalue weighted by Crippen LogP contribution is 2.09. The first kappa shape index (κ1) is 21.1. The molecule has 2 aromatic heterocycles. The smallest absolute Gasteiger partial charge is 0.219 e. The lowest BCUT2D eigenvalue weighted by atomic mass is 10.2. The summed E-state index contributed by atoms with van der Waals surface area (Å²) in [6.45, 7) is 7.26. The SMILES string of the molecule is CN=C(NCc1ccc(-n2ccnc2C)nc1)N1CCN(C(C)=O)CC1.I. The summed E-state index contributed by atoms with van der Waals surface area (Å²) in [4.78, 5) is 28.6. The summed E-state index contributed by atoms with van der Waals surface area (Å²) in [6, 6.07) is 4.04. The lowest BCUT2D eigenvalue weighted by Crippen LogP contribution is -2.53. The lowest BCUT2D eigenvalue weighted by molar-refractivity contribution is -0.130. The number of nitrogens with zero attached hydrogens (tertiary/aromatic N) is 6. The van der Waals surface area contributed by atoms with Gasteiger partial charge in [-0.2, -0.15) is 0 Å². The Balaban J connectivity index is 0.00000261. The van der Waals surface area contributed by atoms with Gasteiger partial charge in [0.15, 0.2) is 5.96 Å². The van der Waals surface area contributed by atoms with E-state index in [9.17, 15) is 4.79 Å². The van der Waals surface area contributed by atoms with Gasteiger partial charge in [-0.1, -0.05) is 6.07 Å². The first-order valence-corrected chi connectivity index (χ1v) is 8.75. The molecule has 3 heterocycles.